The highest BCUT2D eigenvalue weighted by Gasteiger charge is 2.15. The molecule has 24 heavy (non-hydrogen) atoms. The Labute approximate surface area is 148 Å². The van der Waals surface area contributed by atoms with Gasteiger partial charge < -0.3 is 15.1 Å². The molecule has 0 saturated carbocycles. The zero-order chi connectivity index (χ0) is 16.1. The lowest BCUT2D eigenvalue weighted by atomic mass is 10.0. The molecule has 2 aromatic rings. The van der Waals surface area contributed by atoms with Crippen molar-refractivity contribution >= 4 is 18.3 Å². The Morgan fingerprint density at radius 1 is 1.38 bits per heavy atom. The predicted molar refractivity (Wildman–Crippen MR) is 96.0 cm³/mol. The fraction of sp³-hybridized carbons (Fsp3) is 0.444. The van der Waals surface area contributed by atoms with E-state index in [1.165, 1.54) is 12.0 Å². The number of hydrogen-bond acceptors (Lipinski definition) is 4. The average Bonchev–Trinajstić information content (AvgIpc) is 3.23. The summed E-state index contributed by atoms with van der Waals surface area (Å²) in [5.41, 5.74) is 2.89. The van der Waals surface area contributed by atoms with E-state index in [4.69, 9.17) is 4.42 Å². The molecular formula is C18H24ClN3O2. The molecule has 1 saturated heterocycles. The minimum absolute atomic E-state index is 0. The lowest BCUT2D eigenvalue weighted by Crippen LogP contribution is -2.23. The van der Waals surface area contributed by atoms with E-state index < -0.39 is 0 Å². The summed E-state index contributed by atoms with van der Waals surface area (Å²) in [5, 5.41) is 6.24. The summed E-state index contributed by atoms with van der Waals surface area (Å²) in [5.74, 6) is 1.31. The Morgan fingerprint density at radius 3 is 2.88 bits per heavy atom. The van der Waals surface area contributed by atoms with E-state index in [2.05, 4.69) is 15.6 Å². The standard InChI is InChI=1S/C18H23N3O2.ClH/c1-13-2-5-15(6-3-13)18-21-16(12-23-18)11-20-17(22)7-4-14-8-9-19-10-14;/h2-3,5-6,12,14,19H,4,7-11H2,1H3,(H,20,22);1H. The molecule has 3 rings (SSSR count). The van der Waals surface area contributed by atoms with E-state index in [1.807, 2.05) is 31.2 Å². The van der Waals surface area contributed by atoms with Crippen molar-refractivity contribution < 1.29 is 9.21 Å². The summed E-state index contributed by atoms with van der Waals surface area (Å²) < 4.78 is 5.49. The Bertz CT molecular complexity index is 649. The zero-order valence-electron chi connectivity index (χ0n) is 13.9. The first-order chi connectivity index (χ1) is 11.2. The molecule has 6 heteroatoms. The number of aromatic nitrogens is 1. The van der Waals surface area contributed by atoms with Crippen LogP contribution in [0.15, 0.2) is 34.9 Å². The molecule has 1 fully saturated rings. The maximum atomic E-state index is 11.9. The minimum atomic E-state index is 0. The van der Waals surface area contributed by atoms with Gasteiger partial charge >= 0.3 is 0 Å². The van der Waals surface area contributed by atoms with Crippen LogP contribution in [0.5, 0.6) is 0 Å². The first kappa shape index (κ1) is 18.5. The number of hydrogen-bond donors (Lipinski definition) is 2. The van der Waals surface area contributed by atoms with E-state index >= 15 is 0 Å². The van der Waals surface area contributed by atoms with Crippen LogP contribution in [0.25, 0.3) is 11.5 Å². The van der Waals surface area contributed by atoms with Crippen molar-refractivity contribution in [3.05, 3.63) is 41.8 Å². The normalized spacial score (nSPS) is 16.6. The predicted octanol–water partition coefficient (Wildman–Crippen LogP) is 3.08. The lowest BCUT2D eigenvalue weighted by molar-refractivity contribution is -0.121. The number of nitrogens with one attached hydrogen (secondary N) is 2. The van der Waals surface area contributed by atoms with Crippen molar-refractivity contribution in [3.63, 3.8) is 0 Å². The van der Waals surface area contributed by atoms with E-state index in [0.29, 0.717) is 24.8 Å². The molecule has 130 valence electrons. The molecule has 1 aromatic carbocycles. The molecule has 1 atom stereocenters. The van der Waals surface area contributed by atoms with Crippen LogP contribution in [0.1, 0.15) is 30.5 Å². The number of aryl methyl sites for hydroxylation is 1. The zero-order valence-corrected chi connectivity index (χ0v) is 14.7. The first-order valence-electron chi connectivity index (χ1n) is 8.19. The van der Waals surface area contributed by atoms with Gasteiger partial charge in [0.2, 0.25) is 11.8 Å². The summed E-state index contributed by atoms with van der Waals surface area (Å²) in [6.45, 7) is 4.57. The number of carbonyl (C=O) groups excluding carboxylic acids is 1. The number of benzene rings is 1. The molecule has 1 aliphatic rings. The number of carbonyl (C=O) groups is 1. The van der Waals surface area contributed by atoms with Gasteiger partial charge in [0.15, 0.2) is 0 Å². The van der Waals surface area contributed by atoms with Crippen molar-refractivity contribution in [2.24, 2.45) is 5.92 Å². The molecule has 2 heterocycles. The van der Waals surface area contributed by atoms with Gasteiger partial charge in [-0.3, -0.25) is 4.79 Å². The fourth-order valence-electron chi connectivity index (χ4n) is 2.79. The molecule has 0 bridgehead atoms. The Balaban J connectivity index is 0.00000208. The second-order valence-corrected chi connectivity index (χ2v) is 6.18. The number of oxazole rings is 1. The maximum absolute atomic E-state index is 11.9. The topological polar surface area (TPSA) is 67.2 Å². The number of nitrogens with zero attached hydrogens (tertiary/aromatic N) is 1. The second kappa shape index (κ2) is 8.85. The smallest absolute Gasteiger partial charge is 0.226 e. The van der Waals surface area contributed by atoms with Crippen molar-refractivity contribution in [2.75, 3.05) is 13.1 Å². The average molecular weight is 350 g/mol. The lowest BCUT2D eigenvalue weighted by Gasteiger charge is -2.07. The van der Waals surface area contributed by atoms with Crippen LogP contribution in [-0.4, -0.2) is 24.0 Å². The van der Waals surface area contributed by atoms with Gasteiger partial charge in [0.05, 0.1) is 12.2 Å². The van der Waals surface area contributed by atoms with Gasteiger partial charge in [0.1, 0.15) is 6.26 Å². The largest absolute Gasteiger partial charge is 0.444 e. The van der Waals surface area contributed by atoms with Crippen molar-refractivity contribution in [1.29, 1.82) is 0 Å². The van der Waals surface area contributed by atoms with Crippen molar-refractivity contribution in [2.45, 2.75) is 32.7 Å². The number of amides is 1. The van der Waals surface area contributed by atoms with E-state index in [9.17, 15) is 4.79 Å². The molecule has 1 unspecified atom stereocenters. The van der Waals surface area contributed by atoms with Crippen LogP contribution in [0.2, 0.25) is 0 Å². The second-order valence-electron chi connectivity index (χ2n) is 6.18. The third kappa shape index (κ3) is 5.08. The number of rotatable bonds is 6. The summed E-state index contributed by atoms with van der Waals surface area (Å²) in [6, 6.07) is 8.02. The van der Waals surface area contributed by atoms with Crippen molar-refractivity contribution in [3.8, 4) is 11.5 Å². The van der Waals surface area contributed by atoms with E-state index in [1.54, 1.807) is 6.26 Å². The fourth-order valence-corrected chi connectivity index (χ4v) is 2.79. The van der Waals surface area contributed by atoms with Gasteiger partial charge in [-0.2, -0.15) is 0 Å². The van der Waals surface area contributed by atoms with Gasteiger partial charge in [-0.05, 0) is 50.9 Å². The molecule has 1 aliphatic heterocycles. The third-order valence-electron chi connectivity index (χ3n) is 4.26. The SMILES string of the molecule is Cc1ccc(-c2nc(CNC(=O)CCC3CCNC3)co2)cc1.Cl. The highest BCUT2D eigenvalue weighted by atomic mass is 35.5. The van der Waals surface area contributed by atoms with Gasteiger partial charge in [-0.25, -0.2) is 4.98 Å². The number of halogens is 1. The van der Waals surface area contributed by atoms with Crippen LogP contribution < -0.4 is 10.6 Å². The molecule has 2 N–H and O–H groups in total. The quantitative estimate of drug-likeness (QED) is 0.841. The summed E-state index contributed by atoms with van der Waals surface area (Å²) in [4.78, 5) is 16.3. The monoisotopic (exact) mass is 349 g/mol. The van der Waals surface area contributed by atoms with E-state index in [-0.39, 0.29) is 18.3 Å². The molecule has 0 radical (unpaired) electrons. The molecule has 5 nitrogen and oxygen atoms in total. The summed E-state index contributed by atoms with van der Waals surface area (Å²) in [6.07, 6.45) is 4.31. The van der Waals surface area contributed by atoms with E-state index in [0.717, 1.165) is 30.8 Å². The molecule has 0 aliphatic carbocycles. The van der Waals surface area contributed by atoms with Crippen LogP contribution in [0.3, 0.4) is 0 Å². The third-order valence-corrected chi connectivity index (χ3v) is 4.26. The van der Waals surface area contributed by atoms with Crippen LogP contribution in [-0.2, 0) is 11.3 Å². The van der Waals surface area contributed by atoms with Crippen LogP contribution in [0.4, 0.5) is 0 Å². The summed E-state index contributed by atoms with van der Waals surface area (Å²) in [7, 11) is 0. The Morgan fingerprint density at radius 2 is 2.17 bits per heavy atom. The Kier molecular flexibility index (Phi) is 6.82. The highest BCUT2D eigenvalue weighted by Crippen LogP contribution is 2.19. The molecule has 0 spiro atoms. The minimum Gasteiger partial charge on any atom is -0.444 e. The van der Waals surface area contributed by atoms with Crippen molar-refractivity contribution in [1.82, 2.24) is 15.6 Å². The van der Waals surface area contributed by atoms with Gasteiger partial charge in [-0.15, -0.1) is 12.4 Å². The van der Waals surface area contributed by atoms with Gasteiger partial charge in [-0.1, -0.05) is 17.7 Å². The molecule has 1 amide bonds. The van der Waals surface area contributed by atoms with Crippen LogP contribution in [0, 0.1) is 12.8 Å². The van der Waals surface area contributed by atoms with Crippen LogP contribution >= 0.6 is 12.4 Å². The maximum Gasteiger partial charge on any atom is 0.226 e. The first-order valence-corrected chi connectivity index (χ1v) is 8.19. The molecule has 1 aromatic heterocycles. The highest BCUT2D eigenvalue weighted by molar-refractivity contribution is 5.85. The summed E-state index contributed by atoms with van der Waals surface area (Å²) >= 11 is 0. The molecular weight excluding hydrogens is 326 g/mol. The van der Waals surface area contributed by atoms with Gasteiger partial charge in [0.25, 0.3) is 0 Å². The Hall–Kier alpha value is -1.85. The van der Waals surface area contributed by atoms with Gasteiger partial charge in [0, 0.05) is 12.0 Å².